The third kappa shape index (κ3) is 8.76. The van der Waals surface area contributed by atoms with Crippen molar-refractivity contribution >= 4 is 17.0 Å². The number of rotatable bonds is 6. The zero-order valence-corrected chi connectivity index (χ0v) is 11.3. The Labute approximate surface area is 94.2 Å². The molecule has 0 radical (unpaired) electrons. The SMILES string of the molecule is Br.CCCCCCC(C)C(C)(C)N. The molecule has 0 rings (SSSR count). The first kappa shape index (κ1) is 15.9. The van der Waals surface area contributed by atoms with Gasteiger partial charge in [-0.05, 0) is 26.2 Å². The Balaban J connectivity index is 0. The number of halogens is 1. The van der Waals surface area contributed by atoms with Crippen LogP contribution in [0, 0.1) is 5.92 Å². The average molecular weight is 252 g/mol. The molecule has 0 spiro atoms. The minimum Gasteiger partial charge on any atom is -0.325 e. The third-order valence-electron chi connectivity index (χ3n) is 2.76. The van der Waals surface area contributed by atoms with Crippen LogP contribution in [-0.4, -0.2) is 5.54 Å². The van der Waals surface area contributed by atoms with Crippen molar-refractivity contribution in [3.8, 4) is 0 Å². The lowest BCUT2D eigenvalue weighted by atomic mass is 9.86. The molecule has 0 aromatic carbocycles. The van der Waals surface area contributed by atoms with Gasteiger partial charge >= 0.3 is 0 Å². The summed E-state index contributed by atoms with van der Waals surface area (Å²) in [4.78, 5) is 0. The molecule has 82 valence electrons. The van der Waals surface area contributed by atoms with Crippen LogP contribution >= 0.6 is 17.0 Å². The summed E-state index contributed by atoms with van der Waals surface area (Å²) >= 11 is 0. The van der Waals surface area contributed by atoms with Crippen LogP contribution in [0.4, 0.5) is 0 Å². The second-order valence-electron chi connectivity index (χ2n) is 4.57. The summed E-state index contributed by atoms with van der Waals surface area (Å²) in [5.41, 5.74) is 6.00. The molecule has 0 aliphatic heterocycles. The summed E-state index contributed by atoms with van der Waals surface area (Å²) in [5, 5.41) is 0. The average Bonchev–Trinajstić information content (AvgIpc) is 1.96. The van der Waals surface area contributed by atoms with Gasteiger partial charge in [-0.25, -0.2) is 0 Å². The van der Waals surface area contributed by atoms with Gasteiger partial charge in [0.25, 0.3) is 0 Å². The molecule has 0 saturated carbocycles. The van der Waals surface area contributed by atoms with Crippen molar-refractivity contribution < 1.29 is 0 Å². The molecule has 2 N–H and O–H groups in total. The quantitative estimate of drug-likeness (QED) is 0.712. The molecule has 0 aromatic heterocycles. The van der Waals surface area contributed by atoms with Crippen LogP contribution in [0.15, 0.2) is 0 Å². The molecule has 13 heavy (non-hydrogen) atoms. The van der Waals surface area contributed by atoms with Crippen LogP contribution in [0.1, 0.15) is 59.8 Å². The maximum atomic E-state index is 5.99. The summed E-state index contributed by atoms with van der Waals surface area (Å²) in [6, 6.07) is 0. The summed E-state index contributed by atoms with van der Waals surface area (Å²) in [5.74, 6) is 0.648. The Kier molecular flexibility index (Phi) is 9.55. The van der Waals surface area contributed by atoms with Crippen molar-refractivity contribution in [3.05, 3.63) is 0 Å². The lowest BCUT2D eigenvalue weighted by Gasteiger charge is -2.27. The summed E-state index contributed by atoms with van der Waals surface area (Å²) in [6.45, 7) is 8.75. The van der Waals surface area contributed by atoms with Crippen molar-refractivity contribution in [3.63, 3.8) is 0 Å². The molecule has 0 bridgehead atoms. The zero-order chi connectivity index (χ0) is 9.61. The molecule has 1 unspecified atom stereocenters. The highest BCUT2D eigenvalue weighted by atomic mass is 79.9. The smallest absolute Gasteiger partial charge is 0.0123 e. The fourth-order valence-corrected chi connectivity index (χ4v) is 1.25. The molecule has 1 nitrogen and oxygen atoms in total. The lowest BCUT2D eigenvalue weighted by molar-refractivity contribution is 0.317. The normalized spacial score (nSPS) is 13.6. The molecule has 0 aliphatic carbocycles. The third-order valence-corrected chi connectivity index (χ3v) is 2.76. The van der Waals surface area contributed by atoms with E-state index in [1.165, 1.54) is 32.1 Å². The summed E-state index contributed by atoms with van der Waals surface area (Å²) in [6.07, 6.45) is 6.69. The van der Waals surface area contributed by atoms with Crippen molar-refractivity contribution in [2.45, 2.75) is 65.3 Å². The van der Waals surface area contributed by atoms with Gasteiger partial charge in [-0.2, -0.15) is 0 Å². The molecular formula is C11H26BrN. The monoisotopic (exact) mass is 251 g/mol. The van der Waals surface area contributed by atoms with Crippen LogP contribution in [0.25, 0.3) is 0 Å². The predicted octanol–water partition coefficient (Wildman–Crippen LogP) is 3.91. The van der Waals surface area contributed by atoms with Crippen LogP contribution in [0.2, 0.25) is 0 Å². The number of unbranched alkanes of at least 4 members (excludes halogenated alkanes) is 3. The van der Waals surface area contributed by atoms with E-state index in [1.54, 1.807) is 0 Å². The van der Waals surface area contributed by atoms with Crippen LogP contribution in [0.3, 0.4) is 0 Å². The number of hydrogen-bond acceptors (Lipinski definition) is 1. The van der Waals surface area contributed by atoms with Crippen molar-refractivity contribution in [2.24, 2.45) is 11.7 Å². The summed E-state index contributed by atoms with van der Waals surface area (Å²) in [7, 11) is 0. The van der Waals surface area contributed by atoms with Gasteiger partial charge in [-0.15, -0.1) is 17.0 Å². The highest BCUT2D eigenvalue weighted by Crippen LogP contribution is 2.19. The van der Waals surface area contributed by atoms with E-state index in [9.17, 15) is 0 Å². The Morgan fingerprint density at radius 2 is 1.69 bits per heavy atom. The van der Waals surface area contributed by atoms with E-state index in [-0.39, 0.29) is 22.5 Å². The molecule has 2 heteroatoms. The molecule has 0 saturated heterocycles. The van der Waals surface area contributed by atoms with Gasteiger partial charge < -0.3 is 5.73 Å². The topological polar surface area (TPSA) is 26.0 Å². The van der Waals surface area contributed by atoms with Gasteiger partial charge in [0, 0.05) is 5.54 Å². The van der Waals surface area contributed by atoms with Crippen molar-refractivity contribution in [2.75, 3.05) is 0 Å². The minimum atomic E-state index is 0. The van der Waals surface area contributed by atoms with Crippen molar-refractivity contribution in [1.29, 1.82) is 0 Å². The first-order valence-electron chi connectivity index (χ1n) is 5.27. The number of hydrogen-bond donors (Lipinski definition) is 1. The van der Waals surface area contributed by atoms with E-state index >= 15 is 0 Å². The van der Waals surface area contributed by atoms with Crippen LogP contribution < -0.4 is 5.73 Å². The van der Waals surface area contributed by atoms with Gasteiger partial charge in [-0.1, -0.05) is 39.5 Å². The molecule has 0 aliphatic rings. The molecule has 0 aromatic rings. The molecule has 0 fully saturated rings. The molecular weight excluding hydrogens is 226 g/mol. The first-order chi connectivity index (χ1) is 5.48. The highest BCUT2D eigenvalue weighted by molar-refractivity contribution is 8.93. The minimum absolute atomic E-state index is 0. The fraction of sp³-hybridized carbons (Fsp3) is 1.00. The highest BCUT2D eigenvalue weighted by Gasteiger charge is 2.19. The Morgan fingerprint density at radius 3 is 2.08 bits per heavy atom. The number of nitrogens with two attached hydrogens (primary N) is 1. The Morgan fingerprint density at radius 1 is 1.15 bits per heavy atom. The maximum absolute atomic E-state index is 5.99. The first-order valence-corrected chi connectivity index (χ1v) is 5.27. The van der Waals surface area contributed by atoms with Gasteiger partial charge in [-0.3, -0.25) is 0 Å². The second kappa shape index (κ2) is 7.81. The van der Waals surface area contributed by atoms with E-state index in [2.05, 4.69) is 27.7 Å². The van der Waals surface area contributed by atoms with Crippen molar-refractivity contribution in [1.82, 2.24) is 0 Å². The van der Waals surface area contributed by atoms with Gasteiger partial charge in [0.15, 0.2) is 0 Å². The molecule has 0 amide bonds. The van der Waals surface area contributed by atoms with Crippen LogP contribution in [-0.2, 0) is 0 Å². The molecule has 1 atom stereocenters. The lowest BCUT2D eigenvalue weighted by Crippen LogP contribution is -2.39. The predicted molar refractivity (Wildman–Crippen MR) is 66.5 cm³/mol. The largest absolute Gasteiger partial charge is 0.325 e. The van der Waals surface area contributed by atoms with Gasteiger partial charge in [0.05, 0.1) is 0 Å². The van der Waals surface area contributed by atoms with Gasteiger partial charge in [0.2, 0.25) is 0 Å². The van der Waals surface area contributed by atoms with Crippen LogP contribution in [0.5, 0.6) is 0 Å². The van der Waals surface area contributed by atoms with E-state index in [0.29, 0.717) is 5.92 Å². The second-order valence-corrected chi connectivity index (χ2v) is 4.57. The van der Waals surface area contributed by atoms with E-state index in [0.717, 1.165) is 0 Å². The van der Waals surface area contributed by atoms with E-state index < -0.39 is 0 Å². The van der Waals surface area contributed by atoms with Gasteiger partial charge in [0.1, 0.15) is 0 Å². The zero-order valence-electron chi connectivity index (χ0n) is 9.60. The van der Waals surface area contributed by atoms with E-state index in [1.807, 2.05) is 0 Å². The Hall–Kier alpha value is 0.440. The summed E-state index contributed by atoms with van der Waals surface area (Å²) < 4.78 is 0. The van der Waals surface area contributed by atoms with E-state index in [4.69, 9.17) is 5.73 Å². The Bertz CT molecular complexity index is 107. The maximum Gasteiger partial charge on any atom is 0.0123 e. The molecule has 0 heterocycles. The fourth-order valence-electron chi connectivity index (χ4n) is 1.25. The standard InChI is InChI=1S/C11H25N.BrH/c1-5-6-7-8-9-10(2)11(3,4)12;/h10H,5-9,12H2,1-4H3;1H.